The monoisotopic (exact) mass is 1480 g/mol. The standard InChI is InChI=1S/C30H46O2.C24H33NO2.C24H34O2S.C18H28O3/c1-18(21-14-19(27(2,3)4)16-23(25(21)31)29(8,9)10)22-15-20(28(5,6)7)17-24(26(22)32)30(11,12)13;1-16-8-11-18(12-9-16)25-21(26)13-10-17-14-19(23(2,3)4)22(27)20(15-17)24(5,6)7;1-15-9-21(25)19(23(3,4)5)11-17(15)13-27-14-18-12-20(24(6,7)8)22(26)10-16(18)2;1-17(2,3)13-10-12(8-9-15(19)21-7)11-14(16(13)20)18(4,5)6/h14-18,31-32H,1-13H3;8-9,11-12,14-15,27H,10,13H2,1-7H3,(H,25,26);9-12,25-26H,13-14H2,1-8H3;10-11,20H,8-9H2,1-7H3. The van der Waals surface area contributed by atoms with Crippen LogP contribution in [0, 0.1) is 20.8 Å². The Labute approximate surface area is 652 Å². The molecule has 0 bridgehead atoms. The van der Waals surface area contributed by atoms with Gasteiger partial charge in [0.05, 0.1) is 7.11 Å². The van der Waals surface area contributed by atoms with Crippen LogP contribution < -0.4 is 5.32 Å². The molecule has 7 aromatic rings. The van der Waals surface area contributed by atoms with E-state index in [4.69, 9.17) is 4.74 Å². The zero-order chi connectivity index (χ0) is 82.4. The van der Waals surface area contributed by atoms with Crippen molar-refractivity contribution >= 4 is 29.3 Å². The van der Waals surface area contributed by atoms with Crippen molar-refractivity contribution in [3.63, 3.8) is 0 Å². The predicted octanol–water partition coefficient (Wildman–Crippen LogP) is 25.1. The maximum Gasteiger partial charge on any atom is 0.305 e. The molecule has 0 aromatic heterocycles. The summed E-state index contributed by atoms with van der Waals surface area (Å²) in [6.07, 6.45) is 2.03. The van der Waals surface area contributed by atoms with Crippen molar-refractivity contribution in [2.45, 2.75) is 333 Å². The van der Waals surface area contributed by atoms with Crippen molar-refractivity contribution in [3.05, 3.63) is 203 Å². The molecule has 7 N–H and O–H groups in total. The Kier molecular flexibility index (Phi) is 29.8. The van der Waals surface area contributed by atoms with Crippen molar-refractivity contribution in [2.24, 2.45) is 0 Å². The van der Waals surface area contributed by atoms with Gasteiger partial charge in [0, 0.05) is 47.1 Å². The number of hydrogen-bond donors (Lipinski definition) is 7. The Morgan fingerprint density at radius 3 is 0.944 bits per heavy atom. The van der Waals surface area contributed by atoms with Gasteiger partial charge in [0.1, 0.15) is 34.5 Å². The van der Waals surface area contributed by atoms with E-state index in [9.17, 15) is 40.2 Å². The number of phenolic OH excluding ortho intramolecular Hbond substituents is 6. The van der Waals surface area contributed by atoms with Gasteiger partial charge >= 0.3 is 5.97 Å². The molecule has 7 aromatic carbocycles. The van der Waals surface area contributed by atoms with Gasteiger partial charge in [0.15, 0.2) is 0 Å². The number of aromatic hydroxyl groups is 6. The highest BCUT2D eigenvalue weighted by atomic mass is 32.2. The van der Waals surface area contributed by atoms with Crippen LogP contribution in [-0.4, -0.2) is 49.6 Å². The van der Waals surface area contributed by atoms with Gasteiger partial charge in [-0.3, -0.25) is 9.59 Å². The highest BCUT2D eigenvalue weighted by Gasteiger charge is 2.34. The zero-order valence-electron chi connectivity index (χ0n) is 72.9. The van der Waals surface area contributed by atoms with E-state index in [1.54, 1.807) is 0 Å². The minimum absolute atomic E-state index is 0.00143. The van der Waals surface area contributed by atoms with Crippen LogP contribution in [-0.2, 0) is 92.8 Å². The Balaban J connectivity index is 0.000000305. The fourth-order valence-corrected chi connectivity index (χ4v) is 14.0. The van der Waals surface area contributed by atoms with E-state index >= 15 is 0 Å². The van der Waals surface area contributed by atoms with Gasteiger partial charge in [0.25, 0.3) is 0 Å². The van der Waals surface area contributed by atoms with Crippen LogP contribution in [0.5, 0.6) is 34.5 Å². The summed E-state index contributed by atoms with van der Waals surface area (Å²) in [5.74, 6) is 3.66. The number of benzene rings is 7. The largest absolute Gasteiger partial charge is 0.508 e. The fraction of sp³-hybridized carbons (Fsp3) is 0.542. The van der Waals surface area contributed by atoms with Crippen molar-refractivity contribution in [2.75, 3.05) is 12.4 Å². The van der Waals surface area contributed by atoms with E-state index in [-0.39, 0.29) is 71.9 Å². The first kappa shape index (κ1) is 92.0. The maximum atomic E-state index is 12.3. The van der Waals surface area contributed by atoms with Gasteiger partial charge in [-0.25, -0.2) is 0 Å². The van der Waals surface area contributed by atoms with Gasteiger partial charge < -0.3 is 40.7 Å². The molecule has 0 spiro atoms. The first-order chi connectivity index (χ1) is 48.3. The molecule has 1 amide bonds. The van der Waals surface area contributed by atoms with Crippen LogP contribution in [0.2, 0.25) is 0 Å². The minimum atomic E-state index is -0.210. The topological polar surface area (TPSA) is 177 Å². The lowest BCUT2D eigenvalue weighted by atomic mass is 9.74. The van der Waals surface area contributed by atoms with E-state index in [0.717, 1.165) is 95.1 Å². The first-order valence-electron chi connectivity index (χ1n) is 38.5. The number of anilines is 1. The lowest BCUT2D eigenvalue weighted by molar-refractivity contribution is -0.140. The fourth-order valence-electron chi connectivity index (χ4n) is 12.8. The van der Waals surface area contributed by atoms with Gasteiger partial charge in [-0.2, -0.15) is 11.8 Å². The van der Waals surface area contributed by atoms with E-state index in [1.165, 1.54) is 34.9 Å². The second-order valence-corrected chi connectivity index (χ2v) is 41.3. The molecule has 10 nitrogen and oxygen atoms in total. The van der Waals surface area contributed by atoms with Gasteiger partial charge in [-0.15, -0.1) is 0 Å². The van der Waals surface area contributed by atoms with Gasteiger partial charge in [0.2, 0.25) is 5.91 Å². The molecule has 0 saturated carbocycles. The lowest BCUT2D eigenvalue weighted by Crippen LogP contribution is -2.19. The number of phenols is 6. The minimum Gasteiger partial charge on any atom is -0.508 e. The van der Waals surface area contributed by atoms with E-state index in [0.29, 0.717) is 60.2 Å². The van der Waals surface area contributed by atoms with Gasteiger partial charge in [-0.1, -0.05) is 293 Å². The molecule has 0 aliphatic carbocycles. The van der Waals surface area contributed by atoms with E-state index in [2.05, 4.69) is 270 Å². The number of esters is 1. The smallest absolute Gasteiger partial charge is 0.305 e. The number of carbonyl (C=O) groups is 2. The Morgan fingerprint density at radius 1 is 0.374 bits per heavy atom. The molecule has 107 heavy (non-hydrogen) atoms. The van der Waals surface area contributed by atoms with Crippen molar-refractivity contribution < 1.29 is 45.0 Å². The van der Waals surface area contributed by atoms with E-state index < -0.39 is 0 Å². The molecule has 11 heteroatoms. The van der Waals surface area contributed by atoms with Crippen molar-refractivity contribution in [1.29, 1.82) is 0 Å². The van der Waals surface area contributed by atoms with Crippen molar-refractivity contribution in [1.82, 2.24) is 0 Å². The third kappa shape index (κ3) is 25.9. The normalized spacial score (nSPS) is 12.7. The molecule has 0 aliphatic heterocycles. The predicted molar refractivity (Wildman–Crippen MR) is 456 cm³/mol. The number of methoxy groups -OCH3 is 1. The average molecular weight is 1490 g/mol. The van der Waals surface area contributed by atoms with Crippen LogP contribution in [0.1, 0.15) is 339 Å². The molecule has 0 saturated heterocycles. The Morgan fingerprint density at radius 2 is 0.664 bits per heavy atom. The SMILES string of the molecule is CC(c1cc(C(C)(C)C)cc(C(C)(C)C)c1O)c1cc(C(C)(C)C)cc(C(C)(C)C)c1O.COC(=O)CCc1cc(C(C)(C)C)c(O)c(C(C)(C)C)c1.Cc1cc(O)c(C(C)(C)C)cc1CSCc1cc(C(C)(C)C)c(O)cc1C.Cc1ccc(NC(=O)CCc2cc(C(C)(C)C)c(O)c(C(C)(C)C)c2)cc1. The molecule has 0 radical (unpaired) electrons. The third-order valence-corrected chi connectivity index (χ3v) is 21.0. The molecular weight excluding hydrogens is 1340 g/mol. The number of hydrogen-bond acceptors (Lipinski definition) is 10. The molecular formula is C96H141NO9S. The number of carbonyl (C=O) groups excluding carboxylic acids is 2. The second kappa shape index (κ2) is 34.7. The highest BCUT2D eigenvalue weighted by Crippen LogP contribution is 2.48. The summed E-state index contributed by atoms with van der Waals surface area (Å²) in [6, 6.07) is 32.6. The average Bonchev–Trinajstić information content (AvgIpc) is 0.761. The Hall–Kier alpha value is -7.37. The quantitative estimate of drug-likeness (QED) is 0.0550. The number of rotatable bonds is 13. The number of thioether (sulfide) groups is 1. The summed E-state index contributed by atoms with van der Waals surface area (Å²) in [7, 11) is 1.40. The van der Waals surface area contributed by atoms with E-state index in [1.807, 2.05) is 79.3 Å². The number of ether oxygens (including phenoxy) is 1. The molecule has 0 fully saturated rings. The van der Waals surface area contributed by atoms with Crippen LogP contribution >= 0.6 is 11.8 Å². The van der Waals surface area contributed by atoms with Crippen LogP contribution in [0.15, 0.2) is 97.1 Å². The second-order valence-electron chi connectivity index (χ2n) is 40.3. The number of aryl methyl sites for hydroxylation is 5. The maximum absolute atomic E-state index is 12.3. The molecule has 0 heterocycles. The molecule has 0 aliphatic rings. The summed E-state index contributed by atoms with van der Waals surface area (Å²) < 4.78 is 4.70. The zero-order valence-corrected chi connectivity index (χ0v) is 73.7. The molecule has 0 unspecified atom stereocenters. The molecule has 0 atom stereocenters. The Bertz CT molecular complexity index is 3990. The lowest BCUT2D eigenvalue weighted by Gasteiger charge is -2.31. The summed E-state index contributed by atoms with van der Waals surface area (Å²) in [4.78, 5) is 23.7. The summed E-state index contributed by atoms with van der Waals surface area (Å²) in [5.41, 5.74) is 19.5. The molecule has 590 valence electrons. The van der Waals surface area contributed by atoms with Crippen LogP contribution in [0.3, 0.4) is 0 Å². The highest BCUT2D eigenvalue weighted by molar-refractivity contribution is 7.97. The number of nitrogens with one attached hydrogen (secondary N) is 1. The summed E-state index contributed by atoms with van der Waals surface area (Å²) in [6.45, 7) is 72.1. The molecule has 7 rings (SSSR count). The summed E-state index contributed by atoms with van der Waals surface area (Å²) in [5, 5.41) is 67.8. The first-order valence-corrected chi connectivity index (χ1v) is 39.6. The van der Waals surface area contributed by atoms with Crippen LogP contribution in [0.25, 0.3) is 0 Å². The van der Waals surface area contributed by atoms with Crippen LogP contribution in [0.4, 0.5) is 5.69 Å². The third-order valence-electron chi connectivity index (χ3n) is 20.0. The van der Waals surface area contributed by atoms with Crippen molar-refractivity contribution in [3.8, 4) is 34.5 Å². The number of amides is 1. The summed E-state index contributed by atoms with van der Waals surface area (Å²) >= 11 is 1.87. The van der Waals surface area contributed by atoms with Gasteiger partial charge in [-0.05, 0) is 201 Å².